The van der Waals surface area contributed by atoms with Gasteiger partial charge in [0.05, 0.1) is 0 Å². The first kappa shape index (κ1) is 13.8. The van der Waals surface area contributed by atoms with Crippen LogP contribution in [0.1, 0.15) is 45.4 Å². The molecule has 3 aliphatic rings. The number of nitrogens with zero attached hydrogens (tertiary/aromatic N) is 1. The van der Waals surface area contributed by atoms with Crippen LogP contribution in [-0.2, 0) is 0 Å². The van der Waals surface area contributed by atoms with Gasteiger partial charge in [0, 0.05) is 31.8 Å². The van der Waals surface area contributed by atoms with Crippen molar-refractivity contribution in [2.75, 3.05) is 26.2 Å². The largest absolute Gasteiger partial charge is 0.396 e. The maximum Gasteiger partial charge on any atom is 0.0434 e. The fraction of sp³-hybridized carbons (Fsp3) is 1.00. The molecule has 1 aliphatic heterocycles. The Hall–Kier alpha value is -0.120. The summed E-state index contributed by atoms with van der Waals surface area (Å²) in [5, 5.41) is 13.0. The zero-order valence-electron chi connectivity index (χ0n) is 12.4. The average Bonchev–Trinajstić information content (AvgIpc) is 3.29. The number of rotatable bonds is 7. The van der Waals surface area contributed by atoms with Crippen molar-refractivity contribution in [3.63, 3.8) is 0 Å². The molecule has 110 valence electrons. The monoisotopic (exact) mass is 266 g/mol. The molecule has 2 saturated carbocycles. The highest BCUT2D eigenvalue weighted by atomic mass is 16.3. The van der Waals surface area contributed by atoms with Crippen molar-refractivity contribution >= 4 is 0 Å². The van der Waals surface area contributed by atoms with Gasteiger partial charge in [-0.1, -0.05) is 0 Å². The Morgan fingerprint density at radius 3 is 2.58 bits per heavy atom. The lowest BCUT2D eigenvalue weighted by atomic mass is 9.90. The summed E-state index contributed by atoms with van der Waals surface area (Å²) in [4.78, 5) is 2.70. The number of likely N-dealkylation sites (tertiary alicyclic amines) is 1. The molecule has 19 heavy (non-hydrogen) atoms. The predicted octanol–water partition coefficient (Wildman–Crippen LogP) is 1.86. The maximum atomic E-state index is 9.24. The fourth-order valence-electron chi connectivity index (χ4n) is 3.64. The van der Waals surface area contributed by atoms with Crippen LogP contribution in [0.5, 0.6) is 0 Å². The lowest BCUT2D eigenvalue weighted by Gasteiger charge is -2.41. The van der Waals surface area contributed by atoms with Crippen molar-refractivity contribution in [1.82, 2.24) is 10.2 Å². The molecule has 0 radical (unpaired) electrons. The van der Waals surface area contributed by atoms with E-state index < -0.39 is 0 Å². The SMILES string of the molecule is CC(C1CC1)N1CC(CCO)CC(NCC2CC2)C1. The first-order chi connectivity index (χ1) is 9.26. The van der Waals surface area contributed by atoms with Gasteiger partial charge < -0.3 is 10.4 Å². The molecule has 0 amide bonds. The maximum absolute atomic E-state index is 9.24. The number of aliphatic hydroxyl groups is 1. The third-order valence-electron chi connectivity index (χ3n) is 5.38. The van der Waals surface area contributed by atoms with Gasteiger partial charge in [-0.15, -0.1) is 0 Å². The Labute approximate surface area is 117 Å². The number of aliphatic hydroxyl groups excluding tert-OH is 1. The van der Waals surface area contributed by atoms with Crippen molar-refractivity contribution < 1.29 is 5.11 Å². The zero-order valence-corrected chi connectivity index (χ0v) is 12.4. The molecule has 0 spiro atoms. The molecule has 0 aromatic carbocycles. The Morgan fingerprint density at radius 2 is 1.95 bits per heavy atom. The van der Waals surface area contributed by atoms with Crippen molar-refractivity contribution in [3.8, 4) is 0 Å². The van der Waals surface area contributed by atoms with E-state index in [1.165, 1.54) is 51.7 Å². The van der Waals surface area contributed by atoms with Crippen LogP contribution in [0.15, 0.2) is 0 Å². The number of hydrogen-bond acceptors (Lipinski definition) is 3. The summed E-state index contributed by atoms with van der Waals surface area (Å²) in [5.41, 5.74) is 0. The van der Waals surface area contributed by atoms with E-state index in [-0.39, 0.29) is 0 Å². The van der Waals surface area contributed by atoms with Gasteiger partial charge in [-0.25, -0.2) is 0 Å². The zero-order chi connectivity index (χ0) is 13.2. The van der Waals surface area contributed by atoms with E-state index in [1.54, 1.807) is 0 Å². The van der Waals surface area contributed by atoms with Crippen molar-refractivity contribution in [2.45, 2.75) is 57.5 Å². The average molecular weight is 266 g/mol. The van der Waals surface area contributed by atoms with Gasteiger partial charge in [0.1, 0.15) is 0 Å². The van der Waals surface area contributed by atoms with E-state index in [2.05, 4.69) is 17.1 Å². The van der Waals surface area contributed by atoms with E-state index in [9.17, 15) is 5.11 Å². The second-order valence-electron chi connectivity index (χ2n) is 7.19. The fourth-order valence-corrected chi connectivity index (χ4v) is 3.64. The molecule has 3 fully saturated rings. The second-order valence-corrected chi connectivity index (χ2v) is 7.19. The molecule has 3 unspecified atom stereocenters. The molecule has 2 aliphatic carbocycles. The Balaban J connectivity index is 1.52. The predicted molar refractivity (Wildman–Crippen MR) is 78.1 cm³/mol. The van der Waals surface area contributed by atoms with Gasteiger partial charge in [-0.3, -0.25) is 4.90 Å². The topological polar surface area (TPSA) is 35.5 Å². The van der Waals surface area contributed by atoms with E-state index in [0.717, 1.165) is 24.3 Å². The molecule has 3 atom stereocenters. The summed E-state index contributed by atoms with van der Waals surface area (Å²) in [6.07, 6.45) is 7.98. The highest BCUT2D eigenvalue weighted by Gasteiger charge is 2.36. The van der Waals surface area contributed by atoms with Crippen LogP contribution in [-0.4, -0.2) is 48.3 Å². The van der Waals surface area contributed by atoms with Crippen molar-refractivity contribution in [1.29, 1.82) is 0 Å². The summed E-state index contributed by atoms with van der Waals surface area (Å²) in [6.45, 7) is 6.43. The summed E-state index contributed by atoms with van der Waals surface area (Å²) in [6, 6.07) is 1.42. The van der Waals surface area contributed by atoms with Crippen LogP contribution in [0, 0.1) is 17.8 Å². The van der Waals surface area contributed by atoms with Crippen LogP contribution >= 0.6 is 0 Å². The number of piperidine rings is 1. The van der Waals surface area contributed by atoms with E-state index in [1.807, 2.05) is 0 Å². The summed E-state index contributed by atoms with van der Waals surface area (Å²) in [7, 11) is 0. The summed E-state index contributed by atoms with van der Waals surface area (Å²) < 4.78 is 0. The molecule has 3 rings (SSSR count). The minimum Gasteiger partial charge on any atom is -0.396 e. The molecule has 3 heteroatoms. The van der Waals surface area contributed by atoms with E-state index >= 15 is 0 Å². The Kier molecular flexibility index (Phi) is 4.45. The van der Waals surface area contributed by atoms with Gasteiger partial charge >= 0.3 is 0 Å². The molecule has 0 bridgehead atoms. The molecule has 0 aromatic heterocycles. The van der Waals surface area contributed by atoms with Crippen LogP contribution in [0.3, 0.4) is 0 Å². The molecule has 1 heterocycles. The van der Waals surface area contributed by atoms with Crippen LogP contribution < -0.4 is 5.32 Å². The standard InChI is InChI=1S/C16H30N2O/c1-12(15-4-5-15)18-10-14(6-7-19)8-16(11-18)17-9-13-2-3-13/h12-17,19H,2-11H2,1H3. The molecular formula is C16H30N2O. The number of hydrogen-bond donors (Lipinski definition) is 2. The third-order valence-corrected chi connectivity index (χ3v) is 5.38. The Bertz CT molecular complexity index is 288. The van der Waals surface area contributed by atoms with E-state index in [0.29, 0.717) is 18.6 Å². The molecular weight excluding hydrogens is 236 g/mol. The van der Waals surface area contributed by atoms with Gasteiger partial charge in [0.2, 0.25) is 0 Å². The highest BCUT2D eigenvalue weighted by Crippen LogP contribution is 2.37. The third kappa shape index (κ3) is 3.93. The normalized spacial score (nSPS) is 34.4. The molecule has 1 saturated heterocycles. The first-order valence-corrected chi connectivity index (χ1v) is 8.34. The smallest absolute Gasteiger partial charge is 0.0434 e. The van der Waals surface area contributed by atoms with Gasteiger partial charge in [-0.05, 0) is 69.7 Å². The molecule has 3 nitrogen and oxygen atoms in total. The Morgan fingerprint density at radius 1 is 1.16 bits per heavy atom. The minimum absolute atomic E-state index is 0.353. The highest BCUT2D eigenvalue weighted by molar-refractivity contribution is 4.92. The van der Waals surface area contributed by atoms with Crippen LogP contribution in [0.2, 0.25) is 0 Å². The van der Waals surface area contributed by atoms with Crippen molar-refractivity contribution in [3.05, 3.63) is 0 Å². The lowest BCUT2D eigenvalue weighted by Crippen LogP contribution is -2.53. The quantitative estimate of drug-likeness (QED) is 0.738. The molecule has 0 aromatic rings. The minimum atomic E-state index is 0.353. The summed E-state index contributed by atoms with van der Waals surface area (Å²) in [5.74, 6) is 2.61. The van der Waals surface area contributed by atoms with Crippen LogP contribution in [0.4, 0.5) is 0 Å². The van der Waals surface area contributed by atoms with Gasteiger partial charge in [0.25, 0.3) is 0 Å². The number of nitrogens with one attached hydrogen (secondary N) is 1. The molecule has 2 N–H and O–H groups in total. The van der Waals surface area contributed by atoms with E-state index in [4.69, 9.17) is 0 Å². The van der Waals surface area contributed by atoms with Gasteiger partial charge in [-0.2, -0.15) is 0 Å². The lowest BCUT2D eigenvalue weighted by molar-refractivity contribution is 0.0819. The first-order valence-electron chi connectivity index (χ1n) is 8.34. The second kappa shape index (κ2) is 6.11. The van der Waals surface area contributed by atoms with Crippen molar-refractivity contribution in [2.24, 2.45) is 17.8 Å². The van der Waals surface area contributed by atoms with Crippen LogP contribution in [0.25, 0.3) is 0 Å². The summed E-state index contributed by atoms with van der Waals surface area (Å²) >= 11 is 0. The van der Waals surface area contributed by atoms with Gasteiger partial charge in [0.15, 0.2) is 0 Å².